The molecule has 3 fully saturated rings. The van der Waals surface area contributed by atoms with Gasteiger partial charge in [0.2, 0.25) is 5.95 Å². The molecule has 3 saturated heterocycles. The molecule has 136 valence electrons. The van der Waals surface area contributed by atoms with E-state index < -0.39 is 17.2 Å². The van der Waals surface area contributed by atoms with Crippen molar-refractivity contribution < 1.29 is 14.3 Å². The lowest BCUT2D eigenvalue weighted by atomic mass is 9.70. The van der Waals surface area contributed by atoms with Crippen LogP contribution in [-0.2, 0) is 4.79 Å². The number of rotatable bonds is 3. The lowest BCUT2D eigenvalue weighted by Gasteiger charge is -2.48. The van der Waals surface area contributed by atoms with Crippen LogP contribution >= 0.6 is 0 Å². The number of hydrogen-bond donors (Lipinski definition) is 2. The van der Waals surface area contributed by atoms with Gasteiger partial charge in [0.15, 0.2) is 11.6 Å². The molecule has 0 bridgehead atoms. The molecule has 1 aromatic heterocycles. The summed E-state index contributed by atoms with van der Waals surface area (Å²) in [6.45, 7) is 3.52. The lowest BCUT2D eigenvalue weighted by molar-refractivity contribution is -0.153. The molecule has 0 aromatic carbocycles. The summed E-state index contributed by atoms with van der Waals surface area (Å²) in [5.74, 6) is -0.396. The summed E-state index contributed by atoms with van der Waals surface area (Å²) in [5.41, 5.74) is -0.817. The molecular weight excluding hydrogens is 325 g/mol. The van der Waals surface area contributed by atoms with Crippen molar-refractivity contribution in [1.29, 1.82) is 0 Å². The summed E-state index contributed by atoms with van der Waals surface area (Å²) in [5, 5.41) is 13.2. The van der Waals surface area contributed by atoms with Gasteiger partial charge in [-0.1, -0.05) is 0 Å². The molecule has 1 aromatic rings. The molecule has 25 heavy (non-hydrogen) atoms. The number of nitrogens with one attached hydrogen (secondary N) is 1. The molecule has 0 aliphatic carbocycles. The van der Waals surface area contributed by atoms with Gasteiger partial charge in [-0.25, -0.2) is 9.37 Å². The zero-order valence-electron chi connectivity index (χ0n) is 14.2. The van der Waals surface area contributed by atoms with Crippen molar-refractivity contribution in [3.63, 3.8) is 0 Å². The highest BCUT2D eigenvalue weighted by molar-refractivity contribution is 5.77. The molecule has 3 aliphatic heterocycles. The van der Waals surface area contributed by atoms with Crippen molar-refractivity contribution >= 4 is 17.7 Å². The van der Waals surface area contributed by atoms with E-state index in [2.05, 4.69) is 15.3 Å². The fourth-order valence-electron chi connectivity index (χ4n) is 4.47. The maximum atomic E-state index is 14.2. The van der Waals surface area contributed by atoms with Gasteiger partial charge in [-0.3, -0.25) is 4.79 Å². The van der Waals surface area contributed by atoms with Crippen molar-refractivity contribution in [3.8, 4) is 0 Å². The SMILES string of the molecule is O=C(O)[C@]12CCCN[C@@H]1CCN(c1ncc(F)c(N3CCCC3)n1)C2. The van der Waals surface area contributed by atoms with Gasteiger partial charge < -0.3 is 20.2 Å². The number of aliphatic carboxylic acids is 1. The summed E-state index contributed by atoms with van der Waals surface area (Å²) in [6.07, 6.45) is 5.52. The molecule has 2 atom stereocenters. The summed E-state index contributed by atoms with van der Waals surface area (Å²) >= 11 is 0. The van der Waals surface area contributed by atoms with Crippen LogP contribution in [0.4, 0.5) is 16.2 Å². The first-order chi connectivity index (χ1) is 12.1. The van der Waals surface area contributed by atoms with E-state index in [-0.39, 0.29) is 6.04 Å². The van der Waals surface area contributed by atoms with Crippen molar-refractivity contribution in [1.82, 2.24) is 15.3 Å². The lowest BCUT2D eigenvalue weighted by Crippen LogP contribution is -2.63. The first-order valence-electron chi connectivity index (χ1n) is 9.09. The van der Waals surface area contributed by atoms with Crippen molar-refractivity contribution in [2.45, 2.75) is 38.1 Å². The monoisotopic (exact) mass is 349 g/mol. The zero-order valence-corrected chi connectivity index (χ0v) is 14.2. The van der Waals surface area contributed by atoms with E-state index in [4.69, 9.17) is 0 Å². The number of aromatic nitrogens is 2. The van der Waals surface area contributed by atoms with Crippen LogP contribution < -0.4 is 15.1 Å². The maximum absolute atomic E-state index is 14.2. The molecule has 3 aliphatic rings. The largest absolute Gasteiger partial charge is 0.481 e. The van der Waals surface area contributed by atoms with Crippen LogP contribution in [0, 0.1) is 11.2 Å². The number of nitrogens with zero attached hydrogens (tertiary/aromatic N) is 4. The Labute approximate surface area is 146 Å². The minimum atomic E-state index is -0.817. The van der Waals surface area contributed by atoms with E-state index in [0.717, 1.165) is 45.3 Å². The highest BCUT2D eigenvalue weighted by Crippen LogP contribution is 2.39. The average Bonchev–Trinajstić information content (AvgIpc) is 3.16. The Kier molecular flexibility index (Phi) is 4.23. The molecule has 4 heterocycles. The quantitative estimate of drug-likeness (QED) is 0.850. The van der Waals surface area contributed by atoms with Crippen molar-refractivity contribution in [2.24, 2.45) is 5.41 Å². The van der Waals surface area contributed by atoms with Crippen LogP contribution in [0.25, 0.3) is 0 Å². The summed E-state index contributed by atoms with van der Waals surface area (Å²) in [7, 11) is 0. The Balaban J connectivity index is 1.61. The Morgan fingerprint density at radius 1 is 1.28 bits per heavy atom. The second-order valence-corrected chi connectivity index (χ2v) is 7.32. The number of carbonyl (C=O) groups is 1. The van der Waals surface area contributed by atoms with E-state index >= 15 is 0 Å². The molecule has 4 rings (SSSR count). The third kappa shape index (κ3) is 2.82. The van der Waals surface area contributed by atoms with Gasteiger partial charge in [-0.05, 0) is 38.6 Å². The molecule has 0 saturated carbocycles. The van der Waals surface area contributed by atoms with E-state index in [1.54, 1.807) is 0 Å². The van der Waals surface area contributed by atoms with E-state index in [1.165, 1.54) is 6.20 Å². The standard InChI is InChI=1S/C17H24FN5O2/c18-12-10-20-16(21-14(12)22-7-1-2-8-22)23-9-4-13-17(11-23,15(24)25)5-3-6-19-13/h10,13,19H,1-9,11H2,(H,24,25)/t13-,17+/m1/s1. The topological polar surface area (TPSA) is 81.6 Å². The second kappa shape index (κ2) is 6.40. The average molecular weight is 349 g/mol. The minimum Gasteiger partial charge on any atom is -0.481 e. The number of carboxylic acid groups (broad SMARTS) is 1. The van der Waals surface area contributed by atoms with E-state index in [0.29, 0.717) is 31.3 Å². The van der Waals surface area contributed by atoms with E-state index in [9.17, 15) is 14.3 Å². The molecular formula is C17H24FN5O2. The summed E-state index contributed by atoms with van der Waals surface area (Å²) in [4.78, 5) is 24.5. The fraction of sp³-hybridized carbons (Fsp3) is 0.706. The molecule has 0 spiro atoms. The number of carboxylic acids is 1. The van der Waals surface area contributed by atoms with Crippen LogP contribution in [-0.4, -0.2) is 59.8 Å². The number of hydrogen-bond acceptors (Lipinski definition) is 6. The predicted molar refractivity (Wildman–Crippen MR) is 91.4 cm³/mol. The highest BCUT2D eigenvalue weighted by Gasteiger charge is 2.51. The van der Waals surface area contributed by atoms with Gasteiger partial charge in [-0.2, -0.15) is 4.98 Å². The normalized spacial score (nSPS) is 29.6. The van der Waals surface area contributed by atoms with Crippen LogP contribution in [0.15, 0.2) is 6.20 Å². The zero-order chi connectivity index (χ0) is 17.4. The number of piperidine rings is 2. The Hall–Kier alpha value is -1.96. The predicted octanol–water partition coefficient (Wildman–Crippen LogP) is 1.25. The third-order valence-corrected chi connectivity index (χ3v) is 5.85. The number of fused-ring (bicyclic) bond motifs is 1. The summed E-state index contributed by atoms with van der Waals surface area (Å²) in [6, 6.07) is -0.0199. The van der Waals surface area contributed by atoms with E-state index in [1.807, 2.05) is 9.80 Å². The van der Waals surface area contributed by atoms with Gasteiger partial charge in [0.25, 0.3) is 0 Å². The molecule has 0 radical (unpaired) electrons. The fourth-order valence-corrected chi connectivity index (χ4v) is 4.47. The molecule has 2 N–H and O–H groups in total. The van der Waals surface area contributed by atoms with Gasteiger partial charge in [0.1, 0.15) is 5.41 Å². The number of halogens is 1. The smallest absolute Gasteiger partial charge is 0.313 e. The molecule has 8 heteroatoms. The van der Waals surface area contributed by atoms with Crippen LogP contribution in [0.2, 0.25) is 0 Å². The first-order valence-corrected chi connectivity index (χ1v) is 9.09. The van der Waals surface area contributed by atoms with Gasteiger partial charge in [0, 0.05) is 32.2 Å². The van der Waals surface area contributed by atoms with Crippen molar-refractivity contribution in [3.05, 3.63) is 12.0 Å². The first kappa shape index (κ1) is 16.5. The minimum absolute atomic E-state index is 0.0199. The third-order valence-electron chi connectivity index (χ3n) is 5.85. The Morgan fingerprint density at radius 2 is 2.08 bits per heavy atom. The maximum Gasteiger partial charge on any atom is 0.313 e. The Morgan fingerprint density at radius 3 is 2.84 bits per heavy atom. The second-order valence-electron chi connectivity index (χ2n) is 7.32. The van der Waals surface area contributed by atoms with Crippen LogP contribution in [0.3, 0.4) is 0 Å². The molecule has 0 amide bonds. The molecule has 7 nitrogen and oxygen atoms in total. The highest BCUT2D eigenvalue weighted by atomic mass is 19.1. The van der Waals surface area contributed by atoms with Crippen LogP contribution in [0.1, 0.15) is 32.1 Å². The molecule has 0 unspecified atom stereocenters. The van der Waals surface area contributed by atoms with Gasteiger partial charge in [-0.15, -0.1) is 0 Å². The summed E-state index contributed by atoms with van der Waals surface area (Å²) < 4.78 is 14.2. The number of anilines is 2. The van der Waals surface area contributed by atoms with Crippen LogP contribution in [0.5, 0.6) is 0 Å². The van der Waals surface area contributed by atoms with Crippen molar-refractivity contribution in [2.75, 3.05) is 42.5 Å². The van der Waals surface area contributed by atoms with Gasteiger partial charge >= 0.3 is 5.97 Å². The Bertz CT molecular complexity index is 666. The van der Waals surface area contributed by atoms with Gasteiger partial charge in [0.05, 0.1) is 6.20 Å².